The van der Waals surface area contributed by atoms with E-state index in [-0.39, 0.29) is 18.4 Å². The van der Waals surface area contributed by atoms with Gasteiger partial charge in [-0.15, -0.1) is 0 Å². The topological polar surface area (TPSA) is 106 Å². The number of hydrogen-bond acceptors (Lipinski definition) is 6. The van der Waals surface area contributed by atoms with E-state index in [0.717, 1.165) is 23.3 Å². The monoisotopic (exact) mass is 493 g/mol. The third kappa shape index (κ3) is 8.01. The first-order valence-electron chi connectivity index (χ1n) is 11.9. The second-order valence-electron chi connectivity index (χ2n) is 8.63. The number of nitrogens with zero attached hydrogens (tertiary/aromatic N) is 1. The molecule has 0 bridgehead atoms. The van der Waals surface area contributed by atoms with Gasteiger partial charge in [-0.25, -0.2) is 4.79 Å². The molecule has 0 saturated carbocycles. The van der Waals surface area contributed by atoms with E-state index < -0.39 is 12.1 Å². The number of hydrogen-bond donors (Lipinski definition) is 1. The molecule has 0 unspecified atom stereocenters. The summed E-state index contributed by atoms with van der Waals surface area (Å²) in [6.07, 6.45) is 2.06. The van der Waals surface area contributed by atoms with Crippen molar-refractivity contribution in [3.8, 4) is 17.1 Å². The third-order valence-corrected chi connectivity index (χ3v) is 5.57. The number of amides is 1. The van der Waals surface area contributed by atoms with Gasteiger partial charge in [-0.05, 0) is 75.1 Å². The highest BCUT2D eigenvalue weighted by Gasteiger charge is 2.19. The van der Waals surface area contributed by atoms with E-state index in [0.29, 0.717) is 37.3 Å². The predicted molar refractivity (Wildman–Crippen MR) is 134 cm³/mol. The van der Waals surface area contributed by atoms with Crippen molar-refractivity contribution in [2.24, 2.45) is 0 Å². The molecule has 0 aliphatic rings. The molecule has 3 rings (SSSR count). The molecule has 0 saturated heterocycles. The fourth-order valence-electron chi connectivity index (χ4n) is 3.69. The lowest BCUT2D eigenvalue weighted by molar-refractivity contribution is -0.139. The second-order valence-corrected chi connectivity index (χ2v) is 8.63. The fourth-order valence-corrected chi connectivity index (χ4v) is 3.69. The number of carbonyl (C=O) groups excluding carboxylic acids is 2. The number of rotatable bonds is 12. The van der Waals surface area contributed by atoms with Crippen LogP contribution in [-0.4, -0.2) is 40.7 Å². The lowest BCUT2D eigenvalue weighted by atomic mass is 10.1. The molecule has 1 amide bonds. The number of esters is 1. The molecule has 3 aromatic rings. The number of ether oxygens (including phenoxy) is 2. The summed E-state index contributed by atoms with van der Waals surface area (Å²) < 4.78 is 15.3. The van der Waals surface area contributed by atoms with E-state index in [9.17, 15) is 14.4 Å². The molecule has 0 radical (unpaired) electrons. The minimum Gasteiger partial charge on any atom is -0.494 e. The number of unbranched alkanes of at least 4 members (excludes halogenated alkanes) is 2. The molecule has 36 heavy (non-hydrogen) atoms. The summed E-state index contributed by atoms with van der Waals surface area (Å²) in [5, 5.41) is 8.40. The van der Waals surface area contributed by atoms with E-state index >= 15 is 0 Å². The maximum Gasteiger partial charge on any atom is 0.513 e. The zero-order valence-corrected chi connectivity index (χ0v) is 20.5. The first-order chi connectivity index (χ1) is 17.3. The summed E-state index contributed by atoms with van der Waals surface area (Å²) in [4.78, 5) is 36.6. The zero-order valence-electron chi connectivity index (χ0n) is 20.5. The normalized spacial score (nSPS) is 10.8. The quantitative estimate of drug-likeness (QED) is 0.183. The molecular formula is C28H31NO7. The molecule has 0 atom stereocenters. The van der Waals surface area contributed by atoms with Crippen LogP contribution in [0, 0.1) is 0 Å². The van der Waals surface area contributed by atoms with Gasteiger partial charge in [0.25, 0.3) is 5.91 Å². The van der Waals surface area contributed by atoms with Gasteiger partial charge in [0.15, 0.2) is 0 Å². The minimum atomic E-state index is -1.58. The molecule has 0 fully saturated rings. The summed E-state index contributed by atoms with van der Waals surface area (Å²) in [6, 6.07) is 18.8. The van der Waals surface area contributed by atoms with Crippen molar-refractivity contribution < 1.29 is 33.4 Å². The molecule has 0 spiro atoms. The van der Waals surface area contributed by atoms with Crippen LogP contribution in [0.25, 0.3) is 11.3 Å². The number of benzene rings is 2. The van der Waals surface area contributed by atoms with Crippen LogP contribution < -0.4 is 4.74 Å². The number of carbonyl (C=O) groups is 3. The van der Waals surface area contributed by atoms with E-state index in [1.165, 1.54) is 0 Å². The fraction of sp³-hybridized carbons (Fsp3) is 0.321. The maximum absolute atomic E-state index is 13.3. The summed E-state index contributed by atoms with van der Waals surface area (Å²) in [5.41, 5.74) is 2.48. The van der Waals surface area contributed by atoms with Gasteiger partial charge in [0.05, 0.1) is 12.9 Å². The van der Waals surface area contributed by atoms with Crippen molar-refractivity contribution in [2.45, 2.75) is 52.1 Å². The van der Waals surface area contributed by atoms with Crippen molar-refractivity contribution in [1.82, 2.24) is 4.90 Å². The van der Waals surface area contributed by atoms with Gasteiger partial charge < -0.3 is 23.9 Å². The Morgan fingerprint density at radius 2 is 1.75 bits per heavy atom. The number of furan rings is 1. The van der Waals surface area contributed by atoms with E-state index in [4.69, 9.17) is 14.3 Å². The maximum atomic E-state index is 13.3. The Hall–Kier alpha value is -4.07. The van der Waals surface area contributed by atoms with Crippen molar-refractivity contribution in [2.75, 3.05) is 6.61 Å². The highest BCUT2D eigenvalue weighted by Crippen LogP contribution is 2.22. The van der Waals surface area contributed by atoms with Gasteiger partial charge in [0, 0.05) is 30.1 Å². The first-order valence-corrected chi connectivity index (χ1v) is 11.9. The Kier molecular flexibility index (Phi) is 9.68. The van der Waals surface area contributed by atoms with Crippen molar-refractivity contribution in [3.63, 3.8) is 0 Å². The lowest BCUT2D eigenvalue weighted by Crippen LogP contribution is -2.36. The Balaban J connectivity index is 1.52. The van der Waals surface area contributed by atoms with Crippen LogP contribution in [0.15, 0.2) is 71.3 Å². The molecule has 2 aromatic carbocycles. The first kappa shape index (κ1) is 26.5. The minimum absolute atomic E-state index is 0.000332. The van der Waals surface area contributed by atoms with Gasteiger partial charge >= 0.3 is 12.1 Å². The van der Waals surface area contributed by atoms with Gasteiger partial charge in [-0.3, -0.25) is 9.59 Å². The van der Waals surface area contributed by atoms with Crippen molar-refractivity contribution in [3.05, 3.63) is 78.1 Å². The van der Waals surface area contributed by atoms with Crippen molar-refractivity contribution >= 4 is 18.0 Å². The van der Waals surface area contributed by atoms with Gasteiger partial charge in [-0.2, -0.15) is 0 Å². The van der Waals surface area contributed by atoms with Crippen LogP contribution >= 0.6 is 0 Å². The third-order valence-electron chi connectivity index (χ3n) is 5.57. The Labute approximate surface area is 210 Å². The van der Waals surface area contributed by atoms with Crippen LogP contribution in [-0.2, 0) is 16.1 Å². The molecule has 1 aromatic heterocycles. The lowest BCUT2D eigenvalue weighted by Gasteiger charge is -2.27. The summed E-state index contributed by atoms with van der Waals surface area (Å²) in [6.45, 7) is 4.88. The number of carboxylic acid groups (broad SMARTS) is 1. The van der Waals surface area contributed by atoms with Gasteiger partial charge in [0.2, 0.25) is 0 Å². The van der Waals surface area contributed by atoms with Crippen LogP contribution in [0.3, 0.4) is 0 Å². The zero-order chi connectivity index (χ0) is 25.9. The predicted octanol–water partition coefficient (Wildman–Crippen LogP) is 6.16. The van der Waals surface area contributed by atoms with Crippen LogP contribution in [0.2, 0.25) is 0 Å². The smallest absolute Gasteiger partial charge is 0.494 e. The standard InChI is InChI=1S/C28H31NO7/c1-20(2)29(27(31)23-14-12-22(13-15-23)25-10-7-17-35-25)19-21-8-6-9-24(18-21)34-16-5-3-4-11-26(30)36-28(32)33/h6-10,12-15,17-18,20H,3-5,11,16,19H2,1-2H3,(H,32,33). The van der Waals surface area contributed by atoms with Crippen LogP contribution in [0.4, 0.5) is 4.79 Å². The summed E-state index contributed by atoms with van der Waals surface area (Å²) >= 11 is 0. The van der Waals surface area contributed by atoms with Crippen molar-refractivity contribution in [1.29, 1.82) is 0 Å². The van der Waals surface area contributed by atoms with E-state index in [1.807, 2.05) is 79.4 Å². The van der Waals surface area contributed by atoms with E-state index in [1.54, 1.807) is 6.26 Å². The molecule has 1 N–H and O–H groups in total. The Bertz CT molecular complexity index is 1140. The van der Waals surface area contributed by atoms with Gasteiger partial charge in [0.1, 0.15) is 11.5 Å². The largest absolute Gasteiger partial charge is 0.513 e. The Morgan fingerprint density at radius 1 is 0.972 bits per heavy atom. The molecule has 8 heteroatoms. The summed E-state index contributed by atoms with van der Waals surface area (Å²) in [7, 11) is 0. The van der Waals surface area contributed by atoms with Crippen LogP contribution in [0.1, 0.15) is 55.5 Å². The Morgan fingerprint density at radius 3 is 2.42 bits per heavy atom. The molecule has 0 aliphatic carbocycles. The van der Waals surface area contributed by atoms with Crippen LogP contribution in [0.5, 0.6) is 5.75 Å². The second kappa shape index (κ2) is 13.1. The molecule has 190 valence electrons. The highest BCUT2D eigenvalue weighted by molar-refractivity contribution is 5.94. The highest BCUT2D eigenvalue weighted by atomic mass is 16.7. The molecule has 8 nitrogen and oxygen atoms in total. The molecule has 0 aliphatic heterocycles. The average Bonchev–Trinajstić information content (AvgIpc) is 3.39. The van der Waals surface area contributed by atoms with Gasteiger partial charge in [-0.1, -0.05) is 24.3 Å². The molecular weight excluding hydrogens is 462 g/mol. The van der Waals surface area contributed by atoms with E-state index in [2.05, 4.69) is 4.74 Å². The summed E-state index contributed by atoms with van der Waals surface area (Å²) in [5.74, 6) is 0.668. The average molecular weight is 494 g/mol. The SMILES string of the molecule is CC(C)N(Cc1cccc(OCCCCCC(=O)OC(=O)O)c1)C(=O)c1ccc(-c2ccco2)cc1. The molecule has 1 heterocycles.